The van der Waals surface area contributed by atoms with E-state index in [1.807, 2.05) is 41.3 Å². The number of hydrogen-bond donors (Lipinski definition) is 1. The minimum Gasteiger partial charge on any atom is -0.485 e. The average Bonchev–Trinajstić information content (AvgIpc) is 3.22. The molecule has 6 nitrogen and oxygen atoms in total. The Kier molecular flexibility index (Phi) is 7.43. The molecule has 3 unspecified atom stereocenters. The molecule has 1 amide bonds. The molecule has 0 aromatic heterocycles. The van der Waals surface area contributed by atoms with Gasteiger partial charge in [0.2, 0.25) is 0 Å². The molecule has 0 radical (unpaired) electrons. The molecule has 0 spiro atoms. The highest BCUT2D eigenvalue weighted by atomic mass is 16.6. The summed E-state index contributed by atoms with van der Waals surface area (Å²) in [5.41, 5.74) is 1.34. The van der Waals surface area contributed by atoms with Crippen molar-refractivity contribution in [3.8, 4) is 11.8 Å². The Bertz CT molecular complexity index is 1010. The highest BCUT2D eigenvalue weighted by Crippen LogP contribution is 2.39. The van der Waals surface area contributed by atoms with E-state index in [-0.39, 0.29) is 29.7 Å². The quantitative estimate of drug-likeness (QED) is 0.659. The van der Waals surface area contributed by atoms with Gasteiger partial charge in [0.25, 0.3) is 0 Å². The first-order chi connectivity index (χ1) is 16.4. The number of carbonyl (C=O) groups excluding carboxylic acids is 1. The lowest BCUT2D eigenvalue weighted by Gasteiger charge is -2.43. The number of rotatable bonds is 5. The van der Waals surface area contributed by atoms with Crippen molar-refractivity contribution < 1.29 is 14.3 Å². The van der Waals surface area contributed by atoms with E-state index in [0.717, 1.165) is 32.4 Å². The first-order valence-corrected chi connectivity index (χ1v) is 12.3. The van der Waals surface area contributed by atoms with Gasteiger partial charge in [-0.1, -0.05) is 42.5 Å². The largest absolute Gasteiger partial charge is 0.485 e. The van der Waals surface area contributed by atoms with Crippen LogP contribution in [0.3, 0.4) is 0 Å². The summed E-state index contributed by atoms with van der Waals surface area (Å²) in [6, 6.07) is 19.8. The number of carbonyl (C=O) groups is 1. The van der Waals surface area contributed by atoms with Gasteiger partial charge in [-0.25, -0.2) is 4.79 Å². The number of nitrogens with one attached hydrogen (secondary N) is 1. The molecule has 6 heteroatoms. The predicted molar refractivity (Wildman–Crippen MR) is 132 cm³/mol. The standard InChI is InChI=1S/C28H35N3O3/c1-28(2,3)31(23-13-9-15-30-19-23)27(32)34-26-17-22(20-10-5-4-6-11-20)16-25(26)33-24-14-8-7-12-21(24)18-29/h4-8,10-12,14,22-23,25-26,30H,9,13,15-17,19H2,1-3H3/t22?,23?,25?,26-/m1/s1. The lowest BCUT2D eigenvalue weighted by molar-refractivity contribution is -0.0131. The Morgan fingerprint density at radius 1 is 1.06 bits per heavy atom. The summed E-state index contributed by atoms with van der Waals surface area (Å²) < 4.78 is 12.6. The number of ether oxygens (including phenoxy) is 2. The molecule has 34 heavy (non-hydrogen) atoms. The van der Waals surface area contributed by atoms with Gasteiger partial charge in [-0.15, -0.1) is 0 Å². The van der Waals surface area contributed by atoms with Crippen molar-refractivity contribution in [1.29, 1.82) is 5.26 Å². The van der Waals surface area contributed by atoms with Crippen molar-refractivity contribution in [1.82, 2.24) is 10.2 Å². The van der Waals surface area contributed by atoms with E-state index in [1.54, 1.807) is 6.07 Å². The Labute approximate surface area is 202 Å². The van der Waals surface area contributed by atoms with Gasteiger partial charge in [0.05, 0.1) is 5.56 Å². The van der Waals surface area contributed by atoms with Crippen LogP contribution < -0.4 is 10.1 Å². The lowest BCUT2D eigenvalue weighted by Crippen LogP contribution is -2.57. The minimum atomic E-state index is -0.397. The van der Waals surface area contributed by atoms with Crippen LogP contribution in [0.5, 0.6) is 5.75 Å². The van der Waals surface area contributed by atoms with Crippen molar-refractivity contribution in [2.45, 2.75) is 76.2 Å². The SMILES string of the molecule is CC(C)(C)N(C(=O)O[C@@H]1CC(c2ccccc2)CC1Oc1ccccc1C#N)C1CCCNC1. The summed E-state index contributed by atoms with van der Waals surface area (Å²) in [6.07, 6.45) is 2.41. The summed E-state index contributed by atoms with van der Waals surface area (Å²) in [6.45, 7) is 7.93. The van der Waals surface area contributed by atoms with E-state index in [0.29, 0.717) is 17.7 Å². The van der Waals surface area contributed by atoms with Gasteiger partial charge in [-0.3, -0.25) is 4.90 Å². The Morgan fingerprint density at radius 2 is 1.76 bits per heavy atom. The fraction of sp³-hybridized carbons (Fsp3) is 0.500. The maximum Gasteiger partial charge on any atom is 0.410 e. The van der Waals surface area contributed by atoms with Crippen LogP contribution in [0.15, 0.2) is 54.6 Å². The lowest BCUT2D eigenvalue weighted by atomic mass is 9.98. The molecule has 2 aromatic rings. The molecule has 2 aromatic carbocycles. The van der Waals surface area contributed by atoms with E-state index in [2.05, 4.69) is 44.3 Å². The molecule has 4 atom stereocenters. The van der Waals surface area contributed by atoms with E-state index in [9.17, 15) is 10.1 Å². The summed E-state index contributed by atoms with van der Waals surface area (Å²) in [4.78, 5) is 15.5. The number of amides is 1. The average molecular weight is 462 g/mol. The second kappa shape index (κ2) is 10.5. The maximum absolute atomic E-state index is 13.6. The Balaban J connectivity index is 1.56. The van der Waals surface area contributed by atoms with Crippen LogP contribution in [0.1, 0.15) is 63.5 Å². The molecular weight excluding hydrogens is 426 g/mol. The smallest absolute Gasteiger partial charge is 0.410 e. The fourth-order valence-electron chi connectivity index (χ4n) is 5.24. The molecule has 2 aliphatic rings. The van der Waals surface area contributed by atoms with E-state index in [1.165, 1.54) is 5.56 Å². The van der Waals surface area contributed by atoms with Crippen LogP contribution in [0.2, 0.25) is 0 Å². The molecule has 4 rings (SSSR count). The summed E-state index contributed by atoms with van der Waals surface area (Å²) in [7, 11) is 0. The normalized spacial score (nSPS) is 24.8. The van der Waals surface area contributed by atoms with Crippen LogP contribution in [-0.2, 0) is 4.74 Å². The van der Waals surface area contributed by atoms with Gasteiger partial charge in [0.1, 0.15) is 24.0 Å². The first kappa shape index (κ1) is 24.1. The number of piperidine rings is 1. The zero-order chi connectivity index (χ0) is 24.1. The molecule has 1 saturated carbocycles. The zero-order valence-electron chi connectivity index (χ0n) is 20.4. The number of nitriles is 1. The number of hydrogen-bond acceptors (Lipinski definition) is 5. The van der Waals surface area contributed by atoms with Crippen molar-refractivity contribution in [3.05, 3.63) is 65.7 Å². The molecule has 1 aliphatic carbocycles. The number of para-hydroxylation sites is 1. The third-order valence-electron chi connectivity index (χ3n) is 6.81. The molecule has 1 N–H and O–H groups in total. The van der Waals surface area contributed by atoms with E-state index in [4.69, 9.17) is 9.47 Å². The van der Waals surface area contributed by atoms with Gasteiger partial charge in [-0.05, 0) is 76.6 Å². The molecule has 2 fully saturated rings. The Morgan fingerprint density at radius 3 is 2.44 bits per heavy atom. The second-order valence-electron chi connectivity index (χ2n) is 10.3. The van der Waals surface area contributed by atoms with Crippen LogP contribution in [-0.4, -0.2) is 47.9 Å². The molecule has 1 heterocycles. The maximum atomic E-state index is 13.6. The van der Waals surface area contributed by atoms with Crippen molar-refractivity contribution in [2.75, 3.05) is 13.1 Å². The zero-order valence-corrected chi connectivity index (χ0v) is 20.4. The monoisotopic (exact) mass is 461 g/mol. The highest BCUT2D eigenvalue weighted by molar-refractivity contribution is 5.69. The summed E-state index contributed by atoms with van der Waals surface area (Å²) >= 11 is 0. The van der Waals surface area contributed by atoms with Gasteiger partial charge < -0.3 is 14.8 Å². The third kappa shape index (κ3) is 5.53. The molecule has 0 bridgehead atoms. The molecule has 1 saturated heterocycles. The number of benzene rings is 2. The molecule has 1 aliphatic heterocycles. The number of nitrogens with zero attached hydrogens (tertiary/aromatic N) is 2. The van der Waals surface area contributed by atoms with Crippen LogP contribution in [0, 0.1) is 11.3 Å². The Hall–Kier alpha value is -3.04. The van der Waals surface area contributed by atoms with E-state index < -0.39 is 6.10 Å². The first-order valence-electron chi connectivity index (χ1n) is 12.3. The second-order valence-corrected chi connectivity index (χ2v) is 10.3. The predicted octanol–water partition coefficient (Wildman–Crippen LogP) is 5.24. The van der Waals surface area contributed by atoms with Gasteiger partial charge in [-0.2, -0.15) is 5.26 Å². The summed E-state index contributed by atoms with van der Waals surface area (Å²) in [5, 5.41) is 12.9. The van der Waals surface area contributed by atoms with Gasteiger partial charge in [0, 0.05) is 18.1 Å². The summed E-state index contributed by atoms with van der Waals surface area (Å²) in [5.74, 6) is 0.756. The third-order valence-corrected chi connectivity index (χ3v) is 6.81. The van der Waals surface area contributed by atoms with Gasteiger partial charge in [0.15, 0.2) is 0 Å². The van der Waals surface area contributed by atoms with Gasteiger partial charge >= 0.3 is 6.09 Å². The fourth-order valence-corrected chi connectivity index (χ4v) is 5.24. The van der Waals surface area contributed by atoms with Crippen LogP contribution >= 0.6 is 0 Å². The van der Waals surface area contributed by atoms with E-state index >= 15 is 0 Å². The highest BCUT2D eigenvalue weighted by Gasteiger charge is 2.42. The van der Waals surface area contributed by atoms with Crippen LogP contribution in [0.4, 0.5) is 4.79 Å². The van der Waals surface area contributed by atoms with Crippen molar-refractivity contribution >= 4 is 6.09 Å². The molecular formula is C28H35N3O3. The topological polar surface area (TPSA) is 74.6 Å². The van der Waals surface area contributed by atoms with Crippen molar-refractivity contribution in [3.63, 3.8) is 0 Å². The van der Waals surface area contributed by atoms with Crippen molar-refractivity contribution in [2.24, 2.45) is 0 Å². The van der Waals surface area contributed by atoms with Crippen LogP contribution in [0.25, 0.3) is 0 Å². The minimum absolute atomic E-state index is 0.103. The molecule has 180 valence electrons.